The van der Waals surface area contributed by atoms with E-state index < -0.39 is 0 Å². The summed E-state index contributed by atoms with van der Waals surface area (Å²) in [4.78, 5) is 30.2. The predicted molar refractivity (Wildman–Crippen MR) is 109 cm³/mol. The highest BCUT2D eigenvalue weighted by atomic mass is 16.1. The second-order valence-corrected chi connectivity index (χ2v) is 7.79. The van der Waals surface area contributed by atoms with Gasteiger partial charge in [-0.25, -0.2) is 0 Å². The Balaban J connectivity index is 1.45. The van der Waals surface area contributed by atoms with Gasteiger partial charge < -0.3 is 4.90 Å². The molecule has 0 radical (unpaired) electrons. The van der Waals surface area contributed by atoms with Crippen molar-refractivity contribution in [2.45, 2.75) is 51.5 Å². The highest BCUT2D eigenvalue weighted by Crippen LogP contribution is 2.23. The second-order valence-electron chi connectivity index (χ2n) is 7.79. The average Bonchev–Trinajstić information content (AvgIpc) is 2.75. The summed E-state index contributed by atoms with van der Waals surface area (Å²) in [5, 5.41) is 0. The first-order valence-electron chi connectivity index (χ1n) is 10.5. The highest BCUT2D eigenvalue weighted by Gasteiger charge is 2.25. The van der Waals surface area contributed by atoms with Gasteiger partial charge in [0.2, 0.25) is 6.41 Å². The molecule has 0 spiro atoms. The lowest BCUT2D eigenvalue weighted by molar-refractivity contribution is -0.107. The third kappa shape index (κ3) is 5.39. The number of carbonyl (C=O) groups is 2. The molecule has 5 heteroatoms. The van der Waals surface area contributed by atoms with E-state index in [1.54, 1.807) is 4.90 Å². The molecule has 5 nitrogen and oxygen atoms in total. The molecule has 1 aliphatic carbocycles. The van der Waals surface area contributed by atoms with Crippen molar-refractivity contribution in [3.63, 3.8) is 0 Å². The molecule has 2 fully saturated rings. The fourth-order valence-electron chi connectivity index (χ4n) is 4.33. The van der Waals surface area contributed by atoms with Crippen molar-refractivity contribution >= 4 is 17.9 Å². The van der Waals surface area contributed by atoms with Gasteiger partial charge in [0.05, 0.1) is 0 Å². The fourth-order valence-corrected chi connectivity index (χ4v) is 4.33. The standard InChI is InChI=1S/C22H33N3O2/c1-2-22(27)19-8-10-21(11-9-19)25(18-26)17-14-23-12-15-24(16-13-23)20-6-4-3-5-7-20/h8-11,18,20H,2-7,12-17H2,1H3. The molecule has 0 atom stereocenters. The van der Waals surface area contributed by atoms with Crippen LogP contribution in [0, 0.1) is 0 Å². The second kappa shape index (κ2) is 10.00. The SMILES string of the molecule is CCC(=O)c1ccc(N(C=O)CCN2CCN(C3CCCCC3)CC2)cc1. The number of carbonyl (C=O) groups excluding carboxylic acids is 2. The molecule has 0 unspecified atom stereocenters. The van der Waals surface area contributed by atoms with Crippen molar-refractivity contribution in [2.75, 3.05) is 44.2 Å². The number of piperazine rings is 1. The third-order valence-electron chi connectivity index (χ3n) is 6.12. The summed E-state index contributed by atoms with van der Waals surface area (Å²) in [5.41, 5.74) is 1.57. The molecule has 1 heterocycles. The Morgan fingerprint density at radius 2 is 1.74 bits per heavy atom. The number of anilines is 1. The van der Waals surface area contributed by atoms with Crippen LogP contribution in [0.2, 0.25) is 0 Å². The van der Waals surface area contributed by atoms with E-state index in [2.05, 4.69) is 9.80 Å². The molecule has 1 aromatic carbocycles. The number of Topliss-reactive ketones (excluding diaryl/α,β-unsaturated/α-hetero) is 1. The highest BCUT2D eigenvalue weighted by molar-refractivity contribution is 5.96. The summed E-state index contributed by atoms with van der Waals surface area (Å²) in [6.45, 7) is 7.93. The molecular weight excluding hydrogens is 338 g/mol. The molecular formula is C22H33N3O2. The molecule has 1 saturated heterocycles. The lowest BCUT2D eigenvalue weighted by Gasteiger charge is -2.41. The fraction of sp³-hybridized carbons (Fsp3) is 0.636. The number of hydrogen-bond acceptors (Lipinski definition) is 4. The van der Waals surface area contributed by atoms with Gasteiger partial charge in [0, 0.05) is 63.0 Å². The van der Waals surface area contributed by atoms with Crippen molar-refractivity contribution in [3.05, 3.63) is 29.8 Å². The van der Waals surface area contributed by atoms with Crippen molar-refractivity contribution in [1.82, 2.24) is 9.80 Å². The molecule has 2 aliphatic rings. The maximum absolute atomic E-state index is 11.7. The summed E-state index contributed by atoms with van der Waals surface area (Å²) in [5.74, 6) is 0.134. The van der Waals surface area contributed by atoms with Crippen LogP contribution in [0.15, 0.2) is 24.3 Å². The Morgan fingerprint density at radius 1 is 1.07 bits per heavy atom. The van der Waals surface area contributed by atoms with Crippen molar-refractivity contribution in [1.29, 1.82) is 0 Å². The van der Waals surface area contributed by atoms with Crippen LogP contribution in [0.5, 0.6) is 0 Å². The molecule has 3 rings (SSSR count). The molecule has 0 N–H and O–H groups in total. The number of ketones is 1. The van der Waals surface area contributed by atoms with Gasteiger partial charge in [-0.3, -0.25) is 19.4 Å². The minimum absolute atomic E-state index is 0.134. The Morgan fingerprint density at radius 3 is 2.33 bits per heavy atom. The van der Waals surface area contributed by atoms with E-state index in [9.17, 15) is 9.59 Å². The van der Waals surface area contributed by atoms with E-state index in [0.29, 0.717) is 18.5 Å². The summed E-state index contributed by atoms with van der Waals surface area (Å²) in [6, 6.07) is 8.19. The Labute approximate surface area is 163 Å². The summed E-state index contributed by atoms with van der Waals surface area (Å²) < 4.78 is 0. The van der Waals surface area contributed by atoms with Gasteiger partial charge in [-0.1, -0.05) is 26.2 Å². The van der Waals surface area contributed by atoms with Crippen LogP contribution in [-0.2, 0) is 4.79 Å². The van der Waals surface area contributed by atoms with Crippen LogP contribution in [0.4, 0.5) is 5.69 Å². The van der Waals surface area contributed by atoms with Crippen molar-refractivity contribution < 1.29 is 9.59 Å². The van der Waals surface area contributed by atoms with Gasteiger partial charge in [0.1, 0.15) is 0 Å². The normalized spacial score (nSPS) is 19.7. The van der Waals surface area contributed by atoms with Gasteiger partial charge in [0.15, 0.2) is 5.78 Å². The van der Waals surface area contributed by atoms with Crippen LogP contribution in [0.25, 0.3) is 0 Å². The monoisotopic (exact) mass is 371 g/mol. The molecule has 0 bridgehead atoms. The average molecular weight is 372 g/mol. The number of amides is 1. The predicted octanol–water partition coefficient (Wildman–Crippen LogP) is 3.19. The number of nitrogens with zero attached hydrogens (tertiary/aromatic N) is 3. The Bertz CT molecular complexity index is 602. The first-order valence-corrected chi connectivity index (χ1v) is 10.5. The molecule has 0 aromatic heterocycles. The summed E-state index contributed by atoms with van der Waals surface area (Å²) in [6.07, 6.45) is 8.33. The lowest BCUT2D eigenvalue weighted by atomic mass is 9.94. The molecule has 1 aromatic rings. The Hall–Kier alpha value is -1.72. The maximum atomic E-state index is 11.7. The number of hydrogen-bond donors (Lipinski definition) is 0. The van der Waals surface area contributed by atoms with Crippen LogP contribution >= 0.6 is 0 Å². The summed E-state index contributed by atoms with van der Waals surface area (Å²) in [7, 11) is 0. The van der Waals surface area contributed by atoms with Crippen LogP contribution in [0.1, 0.15) is 55.8 Å². The maximum Gasteiger partial charge on any atom is 0.214 e. The van der Waals surface area contributed by atoms with E-state index in [1.165, 1.54) is 32.1 Å². The van der Waals surface area contributed by atoms with Gasteiger partial charge >= 0.3 is 0 Å². The van der Waals surface area contributed by atoms with E-state index in [1.807, 2.05) is 31.2 Å². The molecule has 27 heavy (non-hydrogen) atoms. The third-order valence-corrected chi connectivity index (χ3v) is 6.12. The molecule has 148 valence electrons. The first kappa shape index (κ1) is 20.0. The number of benzene rings is 1. The van der Waals surface area contributed by atoms with E-state index in [-0.39, 0.29) is 5.78 Å². The van der Waals surface area contributed by atoms with Crippen molar-refractivity contribution in [2.24, 2.45) is 0 Å². The van der Waals surface area contributed by atoms with Crippen LogP contribution in [0.3, 0.4) is 0 Å². The zero-order valence-electron chi connectivity index (χ0n) is 16.6. The zero-order valence-corrected chi connectivity index (χ0v) is 16.6. The van der Waals surface area contributed by atoms with E-state index >= 15 is 0 Å². The molecule has 1 aliphatic heterocycles. The molecule has 1 amide bonds. The van der Waals surface area contributed by atoms with Crippen LogP contribution < -0.4 is 4.90 Å². The summed E-state index contributed by atoms with van der Waals surface area (Å²) >= 11 is 0. The van der Waals surface area contributed by atoms with Gasteiger partial charge in [-0.05, 0) is 37.1 Å². The molecule has 1 saturated carbocycles. The minimum Gasteiger partial charge on any atom is -0.314 e. The van der Waals surface area contributed by atoms with E-state index in [4.69, 9.17) is 0 Å². The van der Waals surface area contributed by atoms with Gasteiger partial charge in [-0.15, -0.1) is 0 Å². The number of rotatable bonds is 8. The Kier molecular flexibility index (Phi) is 7.41. The lowest BCUT2D eigenvalue weighted by Crippen LogP contribution is -2.52. The first-order chi connectivity index (χ1) is 13.2. The van der Waals surface area contributed by atoms with Crippen LogP contribution in [-0.4, -0.2) is 67.3 Å². The van der Waals surface area contributed by atoms with Gasteiger partial charge in [0.25, 0.3) is 0 Å². The topological polar surface area (TPSA) is 43.9 Å². The minimum atomic E-state index is 0.134. The largest absolute Gasteiger partial charge is 0.314 e. The zero-order chi connectivity index (χ0) is 19.1. The van der Waals surface area contributed by atoms with Gasteiger partial charge in [-0.2, -0.15) is 0 Å². The van der Waals surface area contributed by atoms with Crippen molar-refractivity contribution in [3.8, 4) is 0 Å². The smallest absolute Gasteiger partial charge is 0.214 e. The van der Waals surface area contributed by atoms with E-state index in [0.717, 1.165) is 50.9 Å². The quantitative estimate of drug-likeness (QED) is 0.520.